The molecule has 114 valence electrons. The zero-order valence-electron chi connectivity index (χ0n) is 11.6. The highest BCUT2D eigenvalue weighted by atomic mass is 35.5. The second-order valence-electron chi connectivity index (χ2n) is 4.70. The molecule has 0 radical (unpaired) electrons. The summed E-state index contributed by atoms with van der Waals surface area (Å²) < 4.78 is 0. The summed E-state index contributed by atoms with van der Waals surface area (Å²) in [6, 6.07) is 9.31. The number of hydrogen-bond donors (Lipinski definition) is 1. The van der Waals surface area contributed by atoms with Gasteiger partial charge in [0, 0.05) is 22.7 Å². The monoisotopic (exact) mass is 338 g/mol. The highest BCUT2D eigenvalue weighted by molar-refractivity contribution is 6.35. The van der Waals surface area contributed by atoms with E-state index in [4.69, 9.17) is 23.2 Å². The Morgan fingerprint density at radius 3 is 2.59 bits per heavy atom. The molecule has 7 heteroatoms. The number of benzene rings is 2. The molecule has 1 N–H and O–H groups in total. The number of hydrogen-bond acceptors (Lipinski definition) is 3. The van der Waals surface area contributed by atoms with E-state index < -0.39 is 10.8 Å². The third-order valence-corrected chi connectivity index (χ3v) is 3.63. The Kier molecular flexibility index (Phi) is 5.00. The van der Waals surface area contributed by atoms with Gasteiger partial charge in [-0.2, -0.15) is 0 Å². The Labute approximate surface area is 137 Å². The molecule has 2 rings (SSSR count). The van der Waals surface area contributed by atoms with E-state index >= 15 is 0 Å². The number of nitrogens with zero attached hydrogens (tertiary/aromatic N) is 1. The lowest BCUT2D eigenvalue weighted by Gasteiger charge is -2.08. The van der Waals surface area contributed by atoms with Crippen LogP contribution in [0.2, 0.25) is 10.0 Å². The average molecular weight is 339 g/mol. The van der Waals surface area contributed by atoms with Gasteiger partial charge in [0.15, 0.2) is 0 Å². The lowest BCUT2D eigenvalue weighted by Crippen LogP contribution is -2.24. The fourth-order valence-corrected chi connectivity index (χ4v) is 2.40. The van der Waals surface area contributed by atoms with Crippen LogP contribution in [0, 0.1) is 17.0 Å². The Morgan fingerprint density at radius 2 is 1.95 bits per heavy atom. The molecule has 1 amide bonds. The van der Waals surface area contributed by atoms with Gasteiger partial charge in [-0.15, -0.1) is 0 Å². The molecule has 2 aromatic rings. The number of halogens is 2. The maximum absolute atomic E-state index is 12.2. The predicted molar refractivity (Wildman–Crippen MR) is 85.5 cm³/mol. The van der Waals surface area contributed by atoms with E-state index in [2.05, 4.69) is 5.32 Å². The molecular weight excluding hydrogens is 327 g/mol. The minimum atomic E-state index is -0.580. The van der Waals surface area contributed by atoms with Crippen molar-refractivity contribution in [2.75, 3.05) is 0 Å². The molecule has 0 spiro atoms. The normalized spacial score (nSPS) is 10.3. The van der Waals surface area contributed by atoms with Gasteiger partial charge in [-0.05, 0) is 36.2 Å². The van der Waals surface area contributed by atoms with Gasteiger partial charge in [-0.3, -0.25) is 14.9 Å². The van der Waals surface area contributed by atoms with Crippen LogP contribution in [0.25, 0.3) is 0 Å². The minimum Gasteiger partial charge on any atom is -0.348 e. The lowest BCUT2D eigenvalue weighted by molar-refractivity contribution is -0.385. The van der Waals surface area contributed by atoms with Crippen LogP contribution in [0.15, 0.2) is 36.4 Å². The summed E-state index contributed by atoms with van der Waals surface area (Å²) in [6.45, 7) is 1.91. The molecule has 0 heterocycles. The maximum Gasteiger partial charge on any atom is 0.282 e. The fourth-order valence-electron chi connectivity index (χ4n) is 1.93. The third-order valence-electron chi connectivity index (χ3n) is 3.05. The Morgan fingerprint density at radius 1 is 1.23 bits per heavy atom. The molecule has 0 bridgehead atoms. The van der Waals surface area contributed by atoms with Gasteiger partial charge in [0.2, 0.25) is 0 Å². The lowest BCUT2D eigenvalue weighted by atomic mass is 10.1. The van der Waals surface area contributed by atoms with E-state index in [-0.39, 0.29) is 17.8 Å². The van der Waals surface area contributed by atoms with Gasteiger partial charge in [0.25, 0.3) is 11.6 Å². The summed E-state index contributed by atoms with van der Waals surface area (Å²) >= 11 is 11.8. The molecule has 0 fully saturated rings. The number of nitro benzene ring substituents is 1. The first-order valence-corrected chi connectivity index (χ1v) is 7.11. The van der Waals surface area contributed by atoms with Crippen LogP contribution in [0.4, 0.5) is 5.69 Å². The second-order valence-corrected chi connectivity index (χ2v) is 5.54. The molecule has 22 heavy (non-hydrogen) atoms. The number of carbonyl (C=O) groups is 1. The standard InChI is InChI=1S/C15H12Cl2N2O3/c1-9-2-5-14(19(21)22)12(6-9)15(20)18-8-10-3-4-11(16)7-13(10)17/h2-7H,8H2,1H3,(H,18,20). The van der Waals surface area contributed by atoms with Gasteiger partial charge < -0.3 is 5.32 Å². The first kappa shape index (κ1) is 16.3. The minimum absolute atomic E-state index is 0.0232. The number of rotatable bonds is 4. The van der Waals surface area contributed by atoms with Gasteiger partial charge in [0.1, 0.15) is 5.56 Å². The quantitative estimate of drug-likeness (QED) is 0.672. The first-order chi connectivity index (χ1) is 10.4. The van der Waals surface area contributed by atoms with Gasteiger partial charge in [0.05, 0.1) is 4.92 Å². The highest BCUT2D eigenvalue weighted by Crippen LogP contribution is 2.22. The molecule has 0 aliphatic rings. The van der Waals surface area contributed by atoms with Gasteiger partial charge in [-0.25, -0.2) is 0 Å². The van der Waals surface area contributed by atoms with Crippen LogP contribution < -0.4 is 5.32 Å². The van der Waals surface area contributed by atoms with Crippen molar-refractivity contribution in [2.45, 2.75) is 13.5 Å². The van der Waals surface area contributed by atoms with Crippen molar-refractivity contribution in [1.29, 1.82) is 0 Å². The molecule has 0 aromatic heterocycles. The fraction of sp³-hybridized carbons (Fsp3) is 0.133. The zero-order chi connectivity index (χ0) is 16.3. The number of aryl methyl sites for hydroxylation is 1. The first-order valence-electron chi connectivity index (χ1n) is 6.35. The van der Waals surface area contributed by atoms with E-state index in [1.54, 1.807) is 31.2 Å². The summed E-state index contributed by atoms with van der Waals surface area (Å²) in [5, 5.41) is 14.5. The topological polar surface area (TPSA) is 72.2 Å². The van der Waals surface area contributed by atoms with Crippen LogP contribution in [0.5, 0.6) is 0 Å². The Balaban J connectivity index is 2.19. The summed E-state index contributed by atoms with van der Waals surface area (Å²) in [6.07, 6.45) is 0. The van der Waals surface area contributed by atoms with Gasteiger partial charge >= 0.3 is 0 Å². The smallest absolute Gasteiger partial charge is 0.282 e. The molecule has 0 saturated carbocycles. The van der Waals surface area contributed by atoms with Crippen molar-refractivity contribution >= 4 is 34.8 Å². The third kappa shape index (κ3) is 3.75. The highest BCUT2D eigenvalue weighted by Gasteiger charge is 2.20. The average Bonchev–Trinajstić information content (AvgIpc) is 2.45. The SMILES string of the molecule is Cc1ccc([N+](=O)[O-])c(C(=O)NCc2ccc(Cl)cc2Cl)c1. The van der Waals surface area contributed by atoms with Crippen molar-refractivity contribution in [3.05, 3.63) is 73.2 Å². The van der Waals surface area contributed by atoms with Crippen LogP contribution in [0.3, 0.4) is 0 Å². The number of carbonyl (C=O) groups excluding carboxylic acids is 1. The van der Waals surface area contributed by atoms with Crippen molar-refractivity contribution in [1.82, 2.24) is 5.32 Å². The zero-order valence-corrected chi connectivity index (χ0v) is 13.1. The summed E-state index contributed by atoms with van der Waals surface area (Å²) in [7, 11) is 0. The molecule has 0 atom stereocenters. The van der Waals surface area contributed by atoms with Crippen LogP contribution in [-0.4, -0.2) is 10.8 Å². The largest absolute Gasteiger partial charge is 0.348 e. The van der Waals surface area contributed by atoms with Crippen LogP contribution >= 0.6 is 23.2 Å². The van der Waals surface area contributed by atoms with E-state index in [9.17, 15) is 14.9 Å². The molecular formula is C15H12Cl2N2O3. The number of nitrogens with one attached hydrogen (secondary N) is 1. The number of nitro groups is 1. The van der Waals surface area contributed by atoms with Crippen molar-refractivity contribution in [3.8, 4) is 0 Å². The predicted octanol–water partition coefficient (Wildman–Crippen LogP) is 4.14. The molecule has 0 aliphatic heterocycles. The van der Waals surface area contributed by atoms with Crippen molar-refractivity contribution in [2.24, 2.45) is 0 Å². The van der Waals surface area contributed by atoms with E-state index in [1.165, 1.54) is 12.1 Å². The molecule has 5 nitrogen and oxygen atoms in total. The van der Waals surface area contributed by atoms with Crippen LogP contribution in [0.1, 0.15) is 21.5 Å². The molecule has 0 saturated heterocycles. The Bertz CT molecular complexity index is 748. The van der Waals surface area contributed by atoms with E-state index in [0.29, 0.717) is 15.6 Å². The van der Waals surface area contributed by atoms with Gasteiger partial charge in [-0.1, -0.05) is 35.3 Å². The van der Waals surface area contributed by atoms with Crippen molar-refractivity contribution < 1.29 is 9.72 Å². The summed E-state index contributed by atoms with van der Waals surface area (Å²) in [5.41, 5.74) is 1.23. The maximum atomic E-state index is 12.2. The van der Waals surface area contributed by atoms with Crippen molar-refractivity contribution in [3.63, 3.8) is 0 Å². The Hall–Kier alpha value is -2.11. The van der Waals surface area contributed by atoms with E-state index in [0.717, 1.165) is 5.56 Å². The van der Waals surface area contributed by atoms with Crippen LogP contribution in [-0.2, 0) is 6.54 Å². The van der Waals surface area contributed by atoms with E-state index in [1.807, 2.05) is 0 Å². The second kappa shape index (κ2) is 6.77. The summed E-state index contributed by atoms with van der Waals surface area (Å²) in [4.78, 5) is 22.6. The molecule has 0 aliphatic carbocycles. The molecule has 2 aromatic carbocycles. The number of amides is 1. The summed E-state index contributed by atoms with van der Waals surface area (Å²) in [5.74, 6) is -0.526. The molecule has 0 unspecified atom stereocenters.